The zero-order valence-electron chi connectivity index (χ0n) is 10.2. The van der Waals surface area contributed by atoms with Gasteiger partial charge in [0.05, 0.1) is 0 Å². The van der Waals surface area contributed by atoms with Gasteiger partial charge in [-0.2, -0.15) is 0 Å². The van der Waals surface area contributed by atoms with E-state index in [0.29, 0.717) is 6.61 Å². The number of rotatable bonds is 7. The summed E-state index contributed by atoms with van der Waals surface area (Å²) in [7, 11) is 0. The lowest BCUT2D eigenvalue weighted by Crippen LogP contribution is -1.94. The lowest BCUT2D eigenvalue weighted by atomic mass is 9.99. The molecule has 0 saturated carbocycles. The van der Waals surface area contributed by atoms with Gasteiger partial charge in [-0.15, -0.1) is 0 Å². The molecule has 1 nitrogen and oxygen atoms in total. The SMILES string of the molecule is C/C=C\Cc1ccccc1CCCCCO. The molecule has 0 bridgehead atoms. The highest BCUT2D eigenvalue weighted by Gasteiger charge is 1.99. The molecule has 0 unspecified atom stereocenters. The molecule has 0 aromatic heterocycles. The molecular formula is C15H22O. The summed E-state index contributed by atoms with van der Waals surface area (Å²) < 4.78 is 0. The van der Waals surface area contributed by atoms with Crippen molar-refractivity contribution in [3.63, 3.8) is 0 Å². The third-order valence-corrected chi connectivity index (χ3v) is 2.80. The van der Waals surface area contributed by atoms with E-state index >= 15 is 0 Å². The number of aliphatic hydroxyl groups excluding tert-OH is 1. The lowest BCUT2D eigenvalue weighted by Gasteiger charge is -2.07. The zero-order valence-corrected chi connectivity index (χ0v) is 10.2. The highest BCUT2D eigenvalue weighted by molar-refractivity contribution is 5.29. The van der Waals surface area contributed by atoms with Gasteiger partial charge >= 0.3 is 0 Å². The Morgan fingerprint density at radius 2 is 1.81 bits per heavy atom. The molecule has 0 saturated heterocycles. The van der Waals surface area contributed by atoms with E-state index in [-0.39, 0.29) is 0 Å². The Balaban J connectivity index is 2.49. The van der Waals surface area contributed by atoms with E-state index < -0.39 is 0 Å². The Morgan fingerprint density at radius 3 is 2.50 bits per heavy atom. The molecule has 1 aromatic rings. The molecular weight excluding hydrogens is 196 g/mol. The van der Waals surface area contributed by atoms with Gasteiger partial charge in [-0.05, 0) is 43.7 Å². The third kappa shape index (κ3) is 4.63. The minimum atomic E-state index is 0.320. The summed E-state index contributed by atoms with van der Waals surface area (Å²) in [5, 5.41) is 8.73. The Bertz CT molecular complexity index is 315. The molecule has 16 heavy (non-hydrogen) atoms. The summed E-state index contributed by atoms with van der Waals surface area (Å²) in [6.45, 7) is 2.38. The van der Waals surface area contributed by atoms with E-state index in [2.05, 4.69) is 43.3 Å². The van der Waals surface area contributed by atoms with Gasteiger partial charge in [0, 0.05) is 6.61 Å². The first kappa shape index (κ1) is 13.0. The number of unbranched alkanes of at least 4 members (excludes halogenated alkanes) is 2. The summed E-state index contributed by atoms with van der Waals surface area (Å²) in [4.78, 5) is 0. The molecule has 0 aliphatic carbocycles. The minimum Gasteiger partial charge on any atom is -0.396 e. The molecule has 1 rings (SSSR count). The second-order valence-electron chi connectivity index (χ2n) is 4.08. The van der Waals surface area contributed by atoms with Gasteiger partial charge in [-0.25, -0.2) is 0 Å². The summed E-state index contributed by atoms with van der Waals surface area (Å²) in [6.07, 6.45) is 9.69. The molecule has 88 valence electrons. The van der Waals surface area contributed by atoms with Crippen LogP contribution in [0.2, 0.25) is 0 Å². The summed E-state index contributed by atoms with van der Waals surface area (Å²) >= 11 is 0. The van der Waals surface area contributed by atoms with Crippen LogP contribution in [0.25, 0.3) is 0 Å². The van der Waals surface area contributed by atoms with E-state index in [1.165, 1.54) is 17.5 Å². The van der Waals surface area contributed by atoms with Crippen molar-refractivity contribution in [2.75, 3.05) is 6.61 Å². The van der Waals surface area contributed by atoms with Gasteiger partial charge in [0.15, 0.2) is 0 Å². The van der Waals surface area contributed by atoms with Crippen molar-refractivity contribution < 1.29 is 5.11 Å². The van der Waals surface area contributed by atoms with Crippen LogP contribution in [-0.2, 0) is 12.8 Å². The Kier molecular flexibility index (Phi) is 6.59. The van der Waals surface area contributed by atoms with Gasteiger partial charge in [-0.3, -0.25) is 0 Å². The smallest absolute Gasteiger partial charge is 0.0431 e. The number of allylic oxidation sites excluding steroid dienone is 2. The molecule has 0 aliphatic heterocycles. The Labute approximate surface area is 98.8 Å². The van der Waals surface area contributed by atoms with Gasteiger partial charge in [0.2, 0.25) is 0 Å². The first-order chi connectivity index (χ1) is 7.88. The molecule has 0 radical (unpaired) electrons. The van der Waals surface area contributed by atoms with Crippen molar-refractivity contribution in [1.82, 2.24) is 0 Å². The molecule has 0 fully saturated rings. The highest BCUT2D eigenvalue weighted by Crippen LogP contribution is 2.13. The predicted octanol–water partition coefficient (Wildman–Crippen LogP) is 3.51. The van der Waals surface area contributed by atoms with Crippen LogP contribution in [0.1, 0.15) is 37.3 Å². The van der Waals surface area contributed by atoms with Crippen LogP contribution in [-0.4, -0.2) is 11.7 Å². The van der Waals surface area contributed by atoms with Crippen molar-refractivity contribution in [1.29, 1.82) is 0 Å². The normalized spacial score (nSPS) is 11.1. The third-order valence-electron chi connectivity index (χ3n) is 2.80. The fourth-order valence-electron chi connectivity index (χ4n) is 1.85. The summed E-state index contributed by atoms with van der Waals surface area (Å²) in [5.74, 6) is 0. The maximum absolute atomic E-state index is 8.73. The lowest BCUT2D eigenvalue weighted by molar-refractivity contribution is 0.283. The van der Waals surface area contributed by atoms with Crippen LogP contribution < -0.4 is 0 Å². The van der Waals surface area contributed by atoms with Crippen LogP contribution in [0, 0.1) is 0 Å². The van der Waals surface area contributed by atoms with Crippen molar-refractivity contribution in [3.8, 4) is 0 Å². The molecule has 0 spiro atoms. The standard InChI is InChI=1S/C15H22O/c1-2-3-9-14-11-6-7-12-15(14)10-5-4-8-13-16/h2-3,6-7,11-12,16H,4-5,8-10,13H2,1H3/b3-2-. The molecule has 1 N–H and O–H groups in total. The second-order valence-corrected chi connectivity index (χ2v) is 4.08. The average Bonchev–Trinajstić information content (AvgIpc) is 2.33. The number of benzene rings is 1. The average molecular weight is 218 g/mol. The van der Waals surface area contributed by atoms with Crippen molar-refractivity contribution in [2.24, 2.45) is 0 Å². The van der Waals surface area contributed by atoms with E-state index in [9.17, 15) is 0 Å². The largest absolute Gasteiger partial charge is 0.396 e. The van der Waals surface area contributed by atoms with E-state index in [4.69, 9.17) is 5.11 Å². The van der Waals surface area contributed by atoms with Crippen LogP contribution >= 0.6 is 0 Å². The predicted molar refractivity (Wildman–Crippen MR) is 69.6 cm³/mol. The van der Waals surface area contributed by atoms with Gasteiger partial charge in [-0.1, -0.05) is 42.8 Å². The number of hydrogen-bond donors (Lipinski definition) is 1. The molecule has 1 heteroatoms. The maximum atomic E-state index is 8.73. The first-order valence-corrected chi connectivity index (χ1v) is 6.17. The quantitative estimate of drug-likeness (QED) is 0.548. The topological polar surface area (TPSA) is 20.2 Å². The molecule has 1 aromatic carbocycles. The second kappa shape index (κ2) is 8.12. The fourth-order valence-corrected chi connectivity index (χ4v) is 1.85. The monoisotopic (exact) mass is 218 g/mol. The van der Waals surface area contributed by atoms with Crippen molar-refractivity contribution in [3.05, 3.63) is 47.5 Å². The summed E-state index contributed by atoms with van der Waals surface area (Å²) in [5.41, 5.74) is 2.89. The van der Waals surface area contributed by atoms with Crippen LogP contribution in [0.5, 0.6) is 0 Å². The van der Waals surface area contributed by atoms with Gasteiger partial charge in [0.25, 0.3) is 0 Å². The molecule has 0 amide bonds. The van der Waals surface area contributed by atoms with Crippen LogP contribution in [0.3, 0.4) is 0 Å². The highest BCUT2D eigenvalue weighted by atomic mass is 16.2. The van der Waals surface area contributed by atoms with Gasteiger partial charge in [0.1, 0.15) is 0 Å². The fraction of sp³-hybridized carbons (Fsp3) is 0.467. The van der Waals surface area contributed by atoms with Crippen molar-refractivity contribution in [2.45, 2.75) is 39.0 Å². The number of aryl methyl sites for hydroxylation is 1. The Hall–Kier alpha value is -1.08. The van der Waals surface area contributed by atoms with Gasteiger partial charge < -0.3 is 5.11 Å². The molecule has 0 aliphatic rings. The Morgan fingerprint density at radius 1 is 1.06 bits per heavy atom. The maximum Gasteiger partial charge on any atom is 0.0431 e. The van der Waals surface area contributed by atoms with Crippen LogP contribution in [0.15, 0.2) is 36.4 Å². The zero-order chi connectivity index (χ0) is 11.6. The first-order valence-electron chi connectivity index (χ1n) is 6.17. The van der Waals surface area contributed by atoms with Crippen molar-refractivity contribution >= 4 is 0 Å². The van der Waals surface area contributed by atoms with Crippen LogP contribution in [0.4, 0.5) is 0 Å². The molecule has 0 heterocycles. The van der Waals surface area contributed by atoms with E-state index in [1.54, 1.807) is 0 Å². The minimum absolute atomic E-state index is 0.320. The van der Waals surface area contributed by atoms with E-state index in [1.807, 2.05) is 0 Å². The number of hydrogen-bond acceptors (Lipinski definition) is 1. The summed E-state index contributed by atoms with van der Waals surface area (Å²) in [6, 6.07) is 8.65. The molecule has 0 atom stereocenters. The van der Waals surface area contributed by atoms with E-state index in [0.717, 1.165) is 25.7 Å². The number of aliphatic hydroxyl groups is 1.